The summed E-state index contributed by atoms with van der Waals surface area (Å²) < 4.78 is 5.77. The monoisotopic (exact) mass is 336 g/mol. The van der Waals surface area contributed by atoms with Gasteiger partial charge in [-0.15, -0.1) is 10.2 Å². The Hall–Kier alpha value is -2.57. The predicted molar refractivity (Wildman–Crippen MR) is 92.4 cm³/mol. The third-order valence-corrected chi connectivity index (χ3v) is 4.58. The van der Waals surface area contributed by atoms with Crippen LogP contribution in [0.3, 0.4) is 0 Å². The number of nitrogens with zero attached hydrogens (tertiary/aromatic N) is 4. The molecule has 1 aromatic carbocycles. The summed E-state index contributed by atoms with van der Waals surface area (Å²) in [6.07, 6.45) is 4.08. The molecular formula is C19H20N4O2. The largest absolute Gasteiger partial charge is 0.419 e. The van der Waals surface area contributed by atoms with Crippen molar-refractivity contribution in [2.75, 3.05) is 13.1 Å². The maximum atomic E-state index is 10.4. The molecule has 25 heavy (non-hydrogen) atoms. The zero-order valence-corrected chi connectivity index (χ0v) is 13.8. The molecule has 0 bridgehead atoms. The van der Waals surface area contributed by atoms with Crippen molar-refractivity contribution in [2.45, 2.75) is 19.1 Å². The van der Waals surface area contributed by atoms with Gasteiger partial charge in [-0.25, -0.2) is 0 Å². The van der Waals surface area contributed by atoms with Gasteiger partial charge in [0, 0.05) is 37.0 Å². The molecule has 4 rings (SSSR count). The van der Waals surface area contributed by atoms with E-state index in [9.17, 15) is 5.11 Å². The highest BCUT2D eigenvalue weighted by Crippen LogP contribution is 2.24. The summed E-state index contributed by atoms with van der Waals surface area (Å²) in [4.78, 5) is 6.20. The smallest absolute Gasteiger partial charge is 0.247 e. The fraction of sp³-hybridized carbons (Fsp3) is 0.316. The number of pyridine rings is 1. The molecule has 0 unspecified atom stereocenters. The highest BCUT2D eigenvalue weighted by Gasteiger charge is 2.32. The summed E-state index contributed by atoms with van der Waals surface area (Å²) in [5, 5.41) is 18.6. The second-order valence-corrected chi connectivity index (χ2v) is 6.45. The van der Waals surface area contributed by atoms with Crippen LogP contribution in [0, 0.1) is 5.92 Å². The number of hydrogen-bond acceptors (Lipinski definition) is 6. The minimum Gasteiger partial charge on any atom is -0.419 e. The summed E-state index contributed by atoms with van der Waals surface area (Å²) >= 11 is 0. The summed E-state index contributed by atoms with van der Waals surface area (Å²) in [6, 6.07) is 13.7. The van der Waals surface area contributed by atoms with E-state index in [1.807, 2.05) is 42.5 Å². The number of aliphatic hydroxyl groups is 1. The molecule has 0 amide bonds. The van der Waals surface area contributed by atoms with Crippen LogP contribution in [0.1, 0.15) is 11.5 Å². The number of aliphatic hydroxyl groups excluding tert-OH is 1. The molecular weight excluding hydrogens is 316 g/mol. The van der Waals surface area contributed by atoms with Crippen molar-refractivity contribution >= 4 is 0 Å². The quantitative estimate of drug-likeness (QED) is 0.769. The topological polar surface area (TPSA) is 75.3 Å². The Morgan fingerprint density at radius 3 is 2.64 bits per heavy atom. The van der Waals surface area contributed by atoms with Crippen LogP contribution >= 0.6 is 0 Å². The van der Waals surface area contributed by atoms with Crippen LogP contribution in [0.25, 0.3) is 11.5 Å². The van der Waals surface area contributed by atoms with Crippen molar-refractivity contribution in [1.29, 1.82) is 0 Å². The van der Waals surface area contributed by atoms with Gasteiger partial charge in [0.05, 0.1) is 12.6 Å². The first-order valence-corrected chi connectivity index (χ1v) is 8.45. The molecule has 1 aliphatic heterocycles. The van der Waals surface area contributed by atoms with Crippen LogP contribution in [0.4, 0.5) is 0 Å². The molecule has 0 radical (unpaired) electrons. The molecule has 1 aliphatic rings. The van der Waals surface area contributed by atoms with Gasteiger partial charge in [0.25, 0.3) is 0 Å². The van der Waals surface area contributed by atoms with Crippen molar-refractivity contribution in [1.82, 2.24) is 20.1 Å². The molecule has 128 valence electrons. The lowest BCUT2D eigenvalue weighted by molar-refractivity contribution is 0.140. The Morgan fingerprint density at radius 1 is 1.04 bits per heavy atom. The minimum absolute atomic E-state index is 0.207. The van der Waals surface area contributed by atoms with E-state index < -0.39 is 0 Å². The highest BCUT2D eigenvalue weighted by molar-refractivity contribution is 5.51. The zero-order valence-electron chi connectivity index (χ0n) is 13.8. The molecule has 3 heterocycles. The highest BCUT2D eigenvalue weighted by atomic mass is 16.4. The normalized spacial score (nSPS) is 20.8. The second kappa shape index (κ2) is 7.13. The van der Waals surface area contributed by atoms with Crippen molar-refractivity contribution in [2.24, 2.45) is 5.92 Å². The van der Waals surface area contributed by atoms with Crippen molar-refractivity contribution in [3.05, 3.63) is 66.3 Å². The van der Waals surface area contributed by atoms with Crippen molar-refractivity contribution in [3.8, 4) is 11.5 Å². The van der Waals surface area contributed by atoms with Crippen molar-refractivity contribution < 1.29 is 9.52 Å². The Kier molecular flexibility index (Phi) is 4.54. The van der Waals surface area contributed by atoms with E-state index in [4.69, 9.17) is 4.42 Å². The molecule has 0 saturated carbocycles. The minimum atomic E-state index is -0.343. The standard InChI is InChI=1S/C19H20N4O2/c24-17-12-23(11-16(17)10-14-6-8-20-9-7-14)13-18-21-22-19(25-18)15-4-2-1-3-5-15/h1-9,16-17,24H,10-13H2/t16-,17-/m1/s1. The molecule has 1 saturated heterocycles. The molecule has 6 heteroatoms. The van der Waals surface area contributed by atoms with Crippen LogP contribution in [-0.4, -0.2) is 44.4 Å². The zero-order chi connectivity index (χ0) is 17.1. The number of rotatable bonds is 5. The van der Waals surface area contributed by atoms with E-state index in [1.54, 1.807) is 12.4 Å². The lowest BCUT2D eigenvalue weighted by Crippen LogP contribution is -2.21. The first-order valence-electron chi connectivity index (χ1n) is 8.45. The Balaban J connectivity index is 1.38. The van der Waals surface area contributed by atoms with Gasteiger partial charge in [-0.05, 0) is 36.2 Å². The van der Waals surface area contributed by atoms with Gasteiger partial charge in [-0.1, -0.05) is 18.2 Å². The van der Waals surface area contributed by atoms with Gasteiger partial charge >= 0.3 is 0 Å². The first kappa shape index (κ1) is 15.9. The van der Waals surface area contributed by atoms with Crippen molar-refractivity contribution in [3.63, 3.8) is 0 Å². The summed E-state index contributed by atoms with van der Waals surface area (Å²) in [6.45, 7) is 2.00. The van der Waals surface area contributed by atoms with Crippen LogP contribution in [-0.2, 0) is 13.0 Å². The van der Waals surface area contributed by atoms with Gasteiger partial charge in [0.1, 0.15) is 0 Å². The predicted octanol–water partition coefficient (Wildman–Crippen LogP) is 2.17. The maximum Gasteiger partial charge on any atom is 0.247 e. The molecule has 0 spiro atoms. The lowest BCUT2D eigenvalue weighted by atomic mass is 9.97. The van der Waals surface area contributed by atoms with E-state index in [-0.39, 0.29) is 12.0 Å². The molecule has 0 aliphatic carbocycles. The Bertz CT molecular complexity index is 807. The number of aromatic nitrogens is 3. The molecule has 6 nitrogen and oxygen atoms in total. The lowest BCUT2D eigenvalue weighted by Gasteiger charge is -2.13. The van der Waals surface area contributed by atoms with Crippen LogP contribution < -0.4 is 0 Å². The van der Waals surface area contributed by atoms with E-state index >= 15 is 0 Å². The average molecular weight is 336 g/mol. The molecule has 2 aromatic heterocycles. The molecule has 1 N–H and O–H groups in total. The summed E-state index contributed by atoms with van der Waals surface area (Å²) in [7, 11) is 0. The van der Waals surface area contributed by atoms with Gasteiger partial charge in [0.15, 0.2) is 0 Å². The van der Waals surface area contributed by atoms with Gasteiger partial charge in [-0.2, -0.15) is 0 Å². The fourth-order valence-electron chi connectivity index (χ4n) is 3.30. The second-order valence-electron chi connectivity index (χ2n) is 6.45. The van der Waals surface area contributed by atoms with Gasteiger partial charge < -0.3 is 9.52 Å². The van der Waals surface area contributed by atoms with Crippen LogP contribution in [0.5, 0.6) is 0 Å². The molecule has 3 aromatic rings. The SMILES string of the molecule is O[C@@H]1CN(Cc2nnc(-c3ccccc3)o2)C[C@H]1Cc1ccncc1. The van der Waals surface area contributed by atoms with E-state index in [1.165, 1.54) is 5.56 Å². The third-order valence-electron chi connectivity index (χ3n) is 4.58. The van der Waals surface area contributed by atoms with Gasteiger partial charge in [0.2, 0.25) is 11.8 Å². The van der Waals surface area contributed by atoms with E-state index in [2.05, 4.69) is 20.1 Å². The van der Waals surface area contributed by atoms with Crippen LogP contribution in [0.15, 0.2) is 59.3 Å². The number of likely N-dealkylation sites (tertiary alicyclic amines) is 1. The average Bonchev–Trinajstić information content (AvgIpc) is 3.24. The maximum absolute atomic E-state index is 10.4. The van der Waals surface area contributed by atoms with E-state index in [0.717, 1.165) is 18.5 Å². The Morgan fingerprint density at radius 2 is 1.84 bits per heavy atom. The first-order chi connectivity index (χ1) is 12.3. The Labute approximate surface area is 146 Å². The number of benzene rings is 1. The van der Waals surface area contributed by atoms with E-state index in [0.29, 0.717) is 24.9 Å². The van der Waals surface area contributed by atoms with Gasteiger partial charge in [-0.3, -0.25) is 9.88 Å². The fourth-order valence-corrected chi connectivity index (χ4v) is 3.30. The number of hydrogen-bond donors (Lipinski definition) is 1. The molecule has 2 atom stereocenters. The third kappa shape index (κ3) is 3.75. The summed E-state index contributed by atoms with van der Waals surface area (Å²) in [5.74, 6) is 1.32. The van der Waals surface area contributed by atoms with Crippen LogP contribution in [0.2, 0.25) is 0 Å². The molecule has 1 fully saturated rings. The summed E-state index contributed by atoms with van der Waals surface area (Å²) in [5.41, 5.74) is 2.11. The number of β-amino-alcohol motifs (C(OH)–C–C–N with tert-alkyl or cyclic N) is 1.